The average molecular weight is 397 g/mol. The average Bonchev–Trinajstić information content (AvgIpc) is 2.75. The zero-order valence-electron chi connectivity index (χ0n) is 16.4. The van der Waals surface area contributed by atoms with Gasteiger partial charge in [-0.05, 0) is 50.1 Å². The summed E-state index contributed by atoms with van der Waals surface area (Å²) in [7, 11) is 0. The minimum absolute atomic E-state index is 0.0406. The number of halogens is 1. The number of benzene rings is 1. The van der Waals surface area contributed by atoms with Gasteiger partial charge in [0.1, 0.15) is 5.69 Å². The fraction of sp³-hybridized carbons (Fsp3) is 0.318. The monoisotopic (exact) mass is 397 g/mol. The van der Waals surface area contributed by atoms with E-state index in [4.69, 9.17) is 9.47 Å². The Morgan fingerprint density at radius 1 is 1.07 bits per heavy atom. The molecule has 0 aliphatic rings. The van der Waals surface area contributed by atoms with Gasteiger partial charge in [-0.1, -0.05) is 12.1 Å². The summed E-state index contributed by atoms with van der Waals surface area (Å²) in [5.74, 6) is -0.659. The third kappa shape index (κ3) is 5.71. The summed E-state index contributed by atoms with van der Waals surface area (Å²) in [6, 6.07) is 11.8. The normalized spacial score (nSPS) is 10.8. The Balaban J connectivity index is 1.56. The summed E-state index contributed by atoms with van der Waals surface area (Å²) < 4.78 is 25.4. The molecule has 0 radical (unpaired) electrons. The van der Waals surface area contributed by atoms with E-state index >= 15 is 0 Å². The molecule has 0 bridgehead atoms. The van der Waals surface area contributed by atoms with E-state index in [-0.39, 0.29) is 23.9 Å². The quantitative estimate of drug-likeness (QED) is 0.526. The molecule has 7 heteroatoms. The maximum atomic E-state index is 14.6. The van der Waals surface area contributed by atoms with Crippen LogP contribution in [0.25, 0.3) is 11.0 Å². The lowest BCUT2D eigenvalue weighted by Crippen LogP contribution is -2.24. The lowest BCUT2D eigenvalue weighted by atomic mass is 10.2. The number of nitrogens with zero attached hydrogens (tertiary/aromatic N) is 2. The molecule has 1 aromatic carbocycles. The maximum absolute atomic E-state index is 14.6. The van der Waals surface area contributed by atoms with Crippen molar-refractivity contribution in [3.63, 3.8) is 0 Å². The van der Waals surface area contributed by atoms with Crippen molar-refractivity contribution in [2.24, 2.45) is 0 Å². The van der Waals surface area contributed by atoms with Crippen LogP contribution in [-0.4, -0.2) is 35.7 Å². The first-order valence-electron chi connectivity index (χ1n) is 9.67. The molecule has 0 saturated carbocycles. The molecule has 0 atom stereocenters. The van der Waals surface area contributed by atoms with E-state index in [9.17, 15) is 9.18 Å². The van der Waals surface area contributed by atoms with Crippen LogP contribution in [0.4, 0.5) is 4.39 Å². The molecule has 29 heavy (non-hydrogen) atoms. The van der Waals surface area contributed by atoms with Crippen LogP contribution in [0.1, 0.15) is 35.8 Å². The number of rotatable bonds is 10. The molecule has 0 aliphatic heterocycles. The number of unbranched alkanes of at least 4 members (excludes halogenated alkanes) is 1. The van der Waals surface area contributed by atoms with Crippen molar-refractivity contribution < 1.29 is 18.7 Å². The summed E-state index contributed by atoms with van der Waals surface area (Å²) in [6.45, 7) is 3.76. The summed E-state index contributed by atoms with van der Waals surface area (Å²) in [5, 5.41) is 2.70. The third-order valence-electron chi connectivity index (χ3n) is 4.32. The molecule has 0 spiro atoms. The van der Waals surface area contributed by atoms with E-state index in [0.717, 1.165) is 12.8 Å². The van der Waals surface area contributed by atoms with Gasteiger partial charge in [0.15, 0.2) is 11.6 Å². The standard InChI is InChI=1S/C22H24FN3O3/c1-2-28-13-3-4-14-29-20-9-5-7-16(21(20)23)15-25-22(27)19-11-10-17-18(26-19)8-6-12-24-17/h5-12H,2-4,13-15H2,1H3,(H,25,27). The first kappa shape index (κ1) is 20.7. The zero-order chi connectivity index (χ0) is 20.5. The van der Waals surface area contributed by atoms with Crippen molar-refractivity contribution in [1.82, 2.24) is 15.3 Å². The van der Waals surface area contributed by atoms with Gasteiger partial charge >= 0.3 is 0 Å². The zero-order valence-corrected chi connectivity index (χ0v) is 16.4. The van der Waals surface area contributed by atoms with Crippen molar-refractivity contribution >= 4 is 16.9 Å². The summed E-state index contributed by atoms with van der Waals surface area (Å²) in [6.07, 6.45) is 3.31. The lowest BCUT2D eigenvalue weighted by Gasteiger charge is -2.11. The minimum atomic E-state index is -0.465. The van der Waals surface area contributed by atoms with E-state index in [1.807, 2.05) is 6.92 Å². The number of carbonyl (C=O) groups excluding carboxylic acids is 1. The summed E-state index contributed by atoms with van der Waals surface area (Å²) in [4.78, 5) is 20.9. The molecule has 3 rings (SSSR count). The molecule has 6 nitrogen and oxygen atoms in total. The van der Waals surface area contributed by atoms with E-state index < -0.39 is 5.82 Å². The fourth-order valence-electron chi connectivity index (χ4n) is 2.79. The number of ether oxygens (including phenoxy) is 2. The van der Waals surface area contributed by atoms with Crippen molar-refractivity contribution in [3.05, 3.63) is 65.7 Å². The van der Waals surface area contributed by atoms with E-state index in [2.05, 4.69) is 15.3 Å². The molecule has 2 heterocycles. The number of fused-ring (bicyclic) bond motifs is 1. The number of pyridine rings is 2. The summed E-state index contributed by atoms with van der Waals surface area (Å²) >= 11 is 0. The predicted octanol–water partition coefficient (Wildman–Crippen LogP) is 3.89. The van der Waals surface area contributed by atoms with Gasteiger partial charge in [0.2, 0.25) is 0 Å². The Labute approximate surface area is 169 Å². The molecular formula is C22H24FN3O3. The Morgan fingerprint density at radius 2 is 1.93 bits per heavy atom. The highest BCUT2D eigenvalue weighted by atomic mass is 19.1. The van der Waals surface area contributed by atoms with Gasteiger partial charge in [-0.2, -0.15) is 0 Å². The van der Waals surface area contributed by atoms with E-state index in [0.29, 0.717) is 36.4 Å². The highest BCUT2D eigenvalue weighted by Crippen LogP contribution is 2.21. The second-order valence-corrected chi connectivity index (χ2v) is 6.40. The van der Waals surface area contributed by atoms with Gasteiger partial charge < -0.3 is 14.8 Å². The lowest BCUT2D eigenvalue weighted by molar-refractivity contribution is 0.0946. The van der Waals surface area contributed by atoms with Gasteiger partial charge in [-0.25, -0.2) is 9.37 Å². The van der Waals surface area contributed by atoms with Crippen molar-refractivity contribution in [1.29, 1.82) is 0 Å². The Hall–Kier alpha value is -3.06. The van der Waals surface area contributed by atoms with Crippen molar-refractivity contribution in [3.8, 4) is 5.75 Å². The van der Waals surface area contributed by atoms with Crippen molar-refractivity contribution in [2.45, 2.75) is 26.3 Å². The molecule has 0 saturated heterocycles. The first-order valence-corrected chi connectivity index (χ1v) is 9.67. The Kier molecular flexibility index (Phi) is 7.47. The van der Waals surface area contributed by atoms with Gasteiger partial charge in [0.25, 0.3) is 5.91 Å². The second-order valence-electron chi connectivity index (χ2n) is 6.40. The largest absolute Gasteiger partial charge is 0.491 e. The SMILES string of the molecule is CCOCCCCOc1cccc(CNC(=O)c2ccc3ncccc3n2)c1F. The van der Waals surface area contributed by atoms with Gasteiger partial charge in [-0.3, -0.25) is 9.78 Å². The van der Waals surface area contributed by atoms with Crippen molar-refractivity contribution in [2.75, 3.05) is 19.8 Å². The third-order valence-corrected chi connectivity index (χ3v) is 4.32. The molecule has 0 unspecified atom stereocenters. The van der Waals surface area contributed by atoms with Crippen LogP contribution >= 0.6 is 0 Å². The minimum Gasteiger partial charge on any atom is -0.491 e. The number of amides is 1. The topological polar surface area (TPSA) is 73.3 Å². The first-order chi connectivity index (χ1) is 14.2. The number of carbonyl (C=O) groups is 1. The van der Waals surface area contributed by atoms with Crippen LogP contribution in [0.5, 0.6) is 5.75 Å². The smallest absolute Gasteiger partial charge is 0.270 e. The van der Waals surface area contributed by atoms with E-state index in [1.54, 1.807) is 48.7 Å². The van der Waals surface area contributed by atoms with Crippen LogP contribution in [0.3, 0.4) is 0 Å². The molecule has 1 N–H and O–H groups in total. The molecular weight excluding hydrogens is 373 g/mol. The Morgan fingerprint density at radius 3 is 2.79 bits per heavy atom. The maximum Gasteiger partial charge on any atom is 0.270 e. The van der Waals surface area contributed by atoms with Gasteiger partial charge in [0.05, 0.1) is 17.6 Å². The van der Waals surface area contributed by atoms with Crippen LogP contribution in [0.15, 0.2) is 48.7 Å². The van der Waals surface area contributed by atoms with Gasteiger partial charge in [-0.15, -0.1) is 0 Å². The fourth-order valence-corrected chi connectivity index (χ4v) is 2.79. The second kappa shape index (κ2) is 10.5. The molecule has 1 amide bonds. The summed E-state index contributed by atoms with van der Waals surface area (Å²) in [5.41, 5.74) is 1.95. The van der Waals surface area contributed by atoms with Crippen LogP contribution in [0, 0.1) is 5.82 Å². The van der Waals surface area contributed by atoms with E-state index in [1.165, 1.54) is 0 Å². The molecule has 2 aromatic heterocycles. The van der Waals surface area contributed by atoms with Gasteiger partial charge in [0, 0.05) is 31.5 Å². The molecule has 0 aliphatic carbocycles. The molecule has 3 aromatic rings. The van der Waals surface area contributed by atoms with Crippen LogP contribution in [0.2, 0.25) is 0 Å². The van der Waals surface area contributed by atoms with Crippen LogP contribution < -0.4 is 10.1 Å². The predicted molar refractivity (Wildman–Crippen MR) is 108 cm³/mol. The number of hydrogen-bond acceptors (Lipinski definition) is 5. The van der Waals surface area contributed by atoms with Crippen LogP contribution in [-0.2, 0) is 11.3 Å². The number of aromatic nitrogens is 2. The highest BCUT2D eigenvalue weighted by molar-refractivity contribution is 5.94. The molecule has 152 valence electrons. The number of nitrogens with one attached hydrogen (secondary N) is 1. The molecule has 0 fully saturated rings. The Bertz CT molecular complexity index is 965. The highest BCUT2D eigenvalue weighted by Gasteiger charge is 2.12. The number of hydrogen-bond donors (Lipinski definition) is 1.